The summed E-state index contributed by atoms with van der Waals surface area (Å²) in [5.41, 5.74) is 2.75. The summed E-state index contributed by atoms with van der Waals surface area (Å²) in [6, 6.07) is 10.6. The molecule has 21 heavy (non-hydrogen) atoms. The molecule has 0 bridgehead atoms. The maximum atomic E-state index is 3.71. The molecule has 2 atom stereocenters. The Morgan fingerprint density at radius 3 is 2.24 bits per heavy atom. The Kier molecular flexibility index (Phi) is 5.83. The molecular weight excluding hydrogens is 256 g/mol. The van der Waals surface area contributed by atoms with Crippen LogP contribution >= 0.6 is 0 Å². The van der Waals surface area contributed by atoms with E-state index in [0.717, 1.165) is 12.5 Å². The zero-order valence-corrected chi connectivity index (χ0v) is 14.4. The summed E-state index contributed by atoms with van der Waals surface area (Å²) in [6.45, 7) is 13.7. The summed E-state index contributed by atoms with van der Waals surface area (Å²) in [6.07, 6.45) is 2.85. The molecule has 1 aromatic carbocycles. The van der Waals surface area contributed by atoms with Crippen molar-refractivity contribution in [3.05, 3.63) is 35.4 Å². The molecule has 1 saturated carbocycles. The van der Waals surface area contributed by atoms with Crippen LogP contribution < -0.4 is 5.32 Å². The fraction of sp³-hybridized carbons (Fsp3) is 0.684. The molecule has 0 heterocycles. The molecule has 1 fully saturated rings. The van der Waals surface area contributed by atoms with E-state index in [1.165, 1.54) is 30.5 Å². The van der Waals surface area contributed by atoms with Crippen LogP contribution in [0.3, 0.4) is 0 Å². The van der Waals surface area contributed by atoms with E-state index < -0.39 is 0 Å². The first-order chi connectivity index (χ1) is 10.0. The molecule has 2 unspecified atom stereocenters. The minimum atomic E-state index is 0.414. The zero-order chi connectivity index (χ0) is 15.4. The standard InChI is InChI=1S/C19H32N2/c1-6-20-19(18-11-7-15(4)8-12-18)16(5)21(14(2)3)13-17-9-10-17/h7-8,11-12,14,16-17,19-20H,6,9-10,13H2,1-5H3. The van der Waals surface area contributed by atoms with Crippen LogP contribution in [0, 0.1) is 12.8 Å². The van der Waals surface area contributed by atoms with Gasteiger partial charge in [-0.05, 0) is 58.6 Å². The van der Waals surface area contributed by atoms with Gasteiger partial charge in [0.1, 0.15) is 0 Å². The highest BCUT2D eigenvalue weighted by Crippen LogP contribution is 2.33. The van der Waals surface area contributed by atoms with Crippen molar-refractivity contribution in [3.8, 4) is 0 Å². The van der Waals surface area contributed by atoms with E-state index in [4.69, 9.17) is 0 Å². The summed E-state index contributed by atoms with van der Waals surface area (Å²) >= 11 is 0. The van der Waals surface area contributed by atoms with Crippen molar-refractivity contribution in [2.75, 3.05) is 13.1 Å². The molecule has 0 aliphatic heterocycles. The molecule has 0 saturated heterocycles. The van der Waals surface area contributed by atoms with E-state index >= 15 is 0 Å². The Balaban J connectivity index is 2.15. The smallest absolute Gasteiger partial charge is 0.0475 e. The van der Waals surface area contributed by atoms with Gasteiger partial charge in [-0.25, -0.2) is 0 Å². The average Bonchev–Trinajstić information content (AvgIpc) is 3.26. The first kappa shape index (κ1) is 16.5. The minimum absolute atomic E-state index is 0.414. The summed E-state index contributed by atoms with van der Waals surface area (Å²) in [5, 5.41) is 3.71. The van der Waals surface area contributed by atoms with E-state index in [-0.39, 0.29) is 0 Å². The highest BCUT2D eigenvalue weighted by molar-refractivity contribution is 5.25. The Morgan fingerprint density at radius 2 is 1.76 bits per heavy atom. The quantitative estimate of drug-likeness (QED) is 0.773. The summed E-state index contributed by atoms with van der Waals surface area (Å²) in [7, 11) is 0. The molecule has 1 aromatic rings. The van der Waals surface area contributed by atoms with Crippen LogP contribution in [-0.2, 0) is 0 Å². The molecule has 0 spiro atoms. The lowest BCUT2D eigenvalue weighted by Crippen LogP contribution is -2.47. The zero-order valence-electron chi connectivity index (χ0n) is 14.4. The molecule has 2 nitrogen and oxygen atoms in total. The van der Waals surface area contributed by atoms with E-state index in [1.54, 1.807) is 0 Å². The maximum Gasteiger partial charge on any atom is 0.0475 e. The Bertz CT molecular complexity index is 420. The second kappa shape index (κ2) is 7.42. The SMILES string of the molecule is CCNC(c1ccc(C)cc1)C(C)N(CC1CC1)C(C)C. The van der Waals surface area contributed by atoms with E-state index in [1.807, 2.05) is 0 Å². The molecule has 1 aliphatic carbocycles. The lowest BCUT2D eigenvalue weighted by atomic mass is 9.97. The third kappa shape index (κ3) is 4.55. The fourth-order valence-electron chi connectivity index (χ4n) is 3.20. The third-order valence-corrected chi connectivity index (χ3v) is 4.70. The molecular formula is C19H32N2. The van der Waals surface area contributed by atoms with Crippen molar-refractivity contribution >= 4 is 0 Å². The number of benzene rings is 1. The van der Waals surface area contributed by atoms with Crippen LogP contribution in [0.25, 0.3) is 0 Å². The lowest BCUT2D eigenvalue weighted by molar-refractivity contribution is 0.125. The van der Waals surface area contributed by atoms with Gasteiger partial charge < -0.3 is 5.32 Å². The van der Waals surface area contributed by atoms with Crippen LogP contribution in [0.15, 0.2) is 24.3 Å². The van der Waals surface area contributed by atoms with Crippen LogP contribution in [-0.4, -0.2) is 30.1 Å². The summed E-state index contributed by atoms with van der Waals surface area (Å²) in [4.78, 5) is 2.69. The maximum absolute atomic E-state index is 3.71. The van der Waals surface area contributed by atoms with Gasteiger partial charge in [-0.15, -0.1) is 0 Å². The van der Waals surface area contributed by atoms with Gasteiger partial charge in [-0.1, -0.05) is 36.8 Å². The number of hydrogen-bond donors (Lipinski definition) is 1. The second-order valence-corrected chi connectivity index (χ2v) is 6.92. The number of likely N-dealkylation sites (N-methyl/N-ethyl adjacent to an activating group) is 1. The van der Waals surface area contributed by atoms with Gasteiger partial charge >= 0.3 is 0 Å². The Hall–Kier alpha value is -0.860. The molecule has 0 amide bonds. The third-order valence-electron chi connectivity index (χ3n) is 4.70. The van der Waals surface area contributed by atoms with Crippen molar-refractivity contribution in [3.63, 3.8) is 0 Å². The van der Waals surface area contributed by atoms with Gasteiger partial charge in [0.2, 0.25) is 0 Å². The van der Waals surface area contributed by atoms with Gasteiger partial charge in [0.15, 0.2) is 0 Å². The predicted octanol–water partition coefficient (Wildman–Crippen LogP) is 4.15. The highest BCUT2D eigenvalue weighted by atomic mass is 15.2. The van der Waals surface area contributed by atoms with Gasteiger partial charge in [-0.2, -0.15) is 0 Å². The van der Waals surface area contributed by atoms with Crippen molar-refractivity contribution in [2.24, 2.45) is 5.92 Å². The van der Waals surface area contributed by atoms with Crippen LogP contribution in [0.2, 0.25) is 0 Å². The van der Waals surface area contributed by atoms with E-state index in [0.29, 0.717) is 18.1 Å². The predicted molar refractivity (Wildman–Crippen MR) is 91.6 cm³/mol. The number of nitrogens with zero attached hydrogens (tertiary/aromatic N) is 1. The highest BCUT2D eigenvalue weighted by Gasteiger charge is 2.31. The first-order valence-corrected chi connectivity index (χ1v) is 8.58. The Morgan fingerprint density at radius 1 is 1.14 bits per heavy atom. The average molecular weight is 288 g/mol. The van der Waals surface area contributed by atoms with E-state index in [9.17, 15) is 0 Å². The minimum Gasteiger partial charge on any atom is -0.309 e. The van der Waals surface area contributed by atoms with Gasteiger partial charge in [-0.3, -0.25) is 4.90 Å². The molecule has 1 N–H and O–H groups in total. The molecule has 2 rings (SSSR count). The van der Waals surface area contributed by atoms with E-state index in [2.05, 4.69) is 69.1 Å². The molecule has 1 aliphatic rings. The van der Waals surface area contributed by atoms with Gasteiger partial charge in [0, 0.05) is 24.7 Å². The number of hydrogen-bond acceptors (Lipinski definition) is 2. The second-order valence-electron chi connectivity index (χ2n) is 6.92. The number of aryl methyl sites for hydroxylation is 1. The summed E-state index contributed by atoms with van der Waals surface area (Å²) < 4.78 is 0. The van der Waals surface area contributed by atoms with Gasteiger partial charge in [0.25, 0.3) is 0 Å². The molecule has 118 valence electrons. The number of nitrogens with one attached hydrogen (secondary N) is 1. The Labute approximate surface area is 130 Å². The monoisotopic (exact) mass is 288 g/mol. The van der Waals surface area contributed by atoms with Crippen LogP contribution in [0.4, 0.5) is 0 Å². The van der Waals surface area contributed by atoms with Gasteiger partial charge in [0.05, 0.1) is 0 Å². The molecule has 0 radical (unpaired) electrons. The van der Waals surface area contributed by atoms with Crippen LogP contribution in [0.5, 0.6) is 0 Å². The molecule has 2 heteroatoms. The normalized spacial score (nSPS) is 18.2. The first-order valence-electron chi connectivity index (χ1n) is 8.58. The van der Waals surface area contributed by atoms with Crippen LogP contribution in [0.1, 0.15) is 57.7 Å². The molecule has 0 aromatic heterocycles. The van der Waals surface area contributed by atoms with Crippen molar-refractivity contribution in [1.29, 1.82) is 0 Å². The summed E-state index contributed by atoms with van der Waals surface area (Å²) in [5.74, 6) is 0.940. The topological polar surface area (TPSA) is 15.3 Å². The van der Waals surface area contributed by atoms with Crippen molar-refractivity contribution in [1.82, 2.24) is 10.2 Å². The number of rotatable bonds is 8. The lowest BCUT2D eigenvalue weighted by Gasteiger charge is -2.38. The largest absolute Gasteiger partial charge is 0.309 e. The van der Waals surface area contributed by atoms with Crippen molar-refractivity contribution < 1.29 is 0 Å². The fourth-order valence-corrected chi connectivity index (χ4v) is 3.20. The van der Waals surface area contributed by atoms with Crippen molar-refractivity contribution in [2.45, 2.75) is 65.6 Å².